The first-order valence-corrected chi connectivity index (χ1v) is 14.2. The number of anilines is 1. The Labute approximate surface area is 253 Å². The van der Waals surface area contributed by atoms with Gasteiger partial charge in [-0.05, 0) is 61.8 Å². The largest absolute Gasteiger partial charge is 0.493 e. The number of aliphatic imine (C=N–C) groups is 1. The van der Waals surface area contributed by atoms with Gasteiger partial charge < -0.3 is 25.4 Å². The van der Waals surface area contributed by atoms with E-state index in [4.69, 9.17) is 21.3 Å². The van der Waals surface area contributed by atoms with Gasteiger partial charge in [0, 0.05) is 28.4 Å². The zero-order chi connectivity index (χ0) is 30.5. The lowest BCUT2D eigenvalue weighted by Gasteiger charge is -2.15. The third kappa shape index (κ3) is 6.94. The van der Waals surface area contributed by atoms with E-state index in [1.165, 1.54) is 6.07 Å². The van der Waals surface area contributed by atoms with Crippen LogP contribution in [0.4, 0.5) is 5.69 Å². The monoisotopic (exact) mass is 600 g/mol. The van der Waals surface area contributed by atoms with Crippen molar-refractivity contribution in [2.75, 3.05) is 18.5 Å². The molecule has 3 aromatic carbocycles. The van der Waals surface area contributed by atoms with Gasteiger partial charge in [-0.2, -0.15) is 0 Å². The van der Waals surface area contributed by atoms with Crippen LogP contribution in [0.1, 0.15) is 48.6 Å². The Bertz CT molecular complexity index is 1670. The van der Waals surface area contributed by atoms with Crippen molar-refractivity contribution in [3.05, 3.63) is 94.5 Å². The van der Waals surface area contributed by atoms with Crippen molar-refractivity contribution in [1.82, 2.24) is 20.1 Å². The molecule has 0 radical (unpaired) electrons. The average Bonchev–Trinajstić information content (AvgIpc) is 3.30. The highest BCUT2D eigenvalue weighted by atomic mass is 35.5. The van der Waals surface area contributed by atoms with Crippen LogP contribution in [0.15, 0.2) is 71.7 Å². The van der Waals surface area contributed by atoms with Gasteiger partial charge in [-0.15, -0.1) is 10.2 Å². The molecule has 0 aliphatic carbocycles. The van der Waals surface area contributed by atoms with E-state index in [0.29, 0.717) is 40.4 Å². The van der Waals surface area contributed by atoms with Crippen molar-refractivity contribution in [1.29, 1.82) is 0 Å². The molecular weight excluding hydrogens is 571 g/mol. The van der Waals surface area contributed by atoms with Crippen LogP contribution in [-0.4, -0.2) is 62.6 Å². The van der Waals surface area contributed by atoms with Crippen molar-refractivity contribution in [3.8, 4) is 11.4 Å². The molecule has 220 valence electrons. The van der Waals surface area contributed by atoms with E-state index in [0.717, 1.165) is 16.8 Å². The first kappa shape index (κ1) is 30.0. The topological polar surface area (TPSA) is 151 Å². The van der Waals surface area contributed by atoms with Gasteiger partial charge in [-0.1, -0.05) is 35.9 Å². The second-order valence-corrected chi connectivity index (χ2v) is 10.4. The van der Waals surface area contributed by atoms with Crippen LogP contribution in [0, 0.1) is 6.92 Å². The Morgan fingerprint density at radius 1 is 1.05 bits per heavy atom. The van der Waals surface area contributed by atoms with Crippen LogP contribution < -0.4 is 20.8 Å². The SMILES string of the molecule is CCNC(=O)C[C@@H]1N=C(c2ccc(Cl)cc2)c2cc(OCCC(=O)Nc3cccc(B(O)O)c3)ccc2-n2c(C)nnc21. The minimum atomic E-state index is -1.63. The number of nitrogens with zero attached hydrogens (tertiary/aromatic N) is 4. The lowest BCUT2D eigenvalue weighted by Crippen LogP contribution is -2.30. The summed E-state index contributed by atoms with van der Waals surface area (Å²) in [4.78, 5) is 30.3. The summed E-state index contributed by atoms with van der Waals surface area (Å²) in [5.74, 6) is 1.28. The van der Waals surface area contributed by atoms with E-state index < -0.39 is 13.2 Å². The summed E-state index contributed by atoms with van der Waals surface area (Å²) >= 11 is 6.18. The molecule has 1 aliphatic rings. The Balaban J connectivity index is 1.43. The molecule has 4 N–H and O–H groups in total. The maximum Gasteiger partial charge on any atom is 0.488 e. The number of benzene rings is 3. The molecule has 1 aliphatic heterocycles. The molecule has 2 heterocycles. The van der Waals surface area contributed by atoms with Crippen LogP contribution in [-0.2, 0) is 9.59 Å². The predicted molar refractivity (Wildman–Crippen MR) is 164 cm³/mol. The second kappa shape index (κ2) is 13.2. The summed E-state index contributed by atoms with van der Waals surface area (Å²) in [6, 6.07) is 18.6. The molecule has 11 nitrogen and oxygen atoms in total. The fourth-order valence-corrected chi connectivity index (χ4v) is 4.97. The van der Waals surface area contributed by atoms with Crippen LogP contribution in [0.2, 0.25) is 5.02 Å². The third-order valence-corrected chi connectivity index (χ3v) is 7.09. The van der Waals surface area contributed by atoms with Gasteiger partial charge in [-0.3, -0.25) is 19.1 Å². The number of rotatable bonds is 10. The predicted octanol–water partition coefficient (Wildman–Crippen LogP) is 2.73. The van der Waals surface area contributed by atoms with Crippen molar-refractivity contribution in [2.45, 2.75) is 32.7 Å². The minimum absolute atomic E-state index is 0.0600. The highest BCUT2D eigenvalue weighted by Crippen LogP contribution is 2.34. The first-order valence-electron chi connectivity index (χ1n) is 13.8. The highest BCUT2D eigenvalue weighted by molar-refractivity contribution is 6.58. The molecule has 0 saturated carbocycles. The van der Waals surface area contributed by atoms with E-state index in [1.807, 2.05) is 42.7 Å². The highest BCUT2D eigenvalue weighted by Gasteiger charge is 2.30. The first-order chi connectivity index (χ1) is 20.7. The molecule has 0 saturated heterocycles. The van der Waals surface area contributed by atoms with Gasteiger partial charge in [0.15, 0.2) is 5.82 Å². The van der Waals surface area contributed by atoms with Gasteiger partial charge in [0.1, 0.15) is 17.6 Å². The van der Waals surface area contributed by atoms with E-state index in [2.05, 4.69) is 20.8 Å². The van der Waals surface area contributed by atoms with Crippen molar-refractivity contribution < 1.29 is 24.4 Å². The molecule has 0 unspecified atom stereocenters. The molecule has 13 heteroatoms. The summed E-state index contributed by atoms with van der Waals surface area (Å²) in [6.45, 7) is 4.30. The number of aromatic nitrogens is 3. The fourth-order valence-electron chi connectivity index (χ4n) is 4.85. The van der Waals surface area contributed by atoms with Crippen molar-refractivity contribution >= 4 is 47.4 Å². The van der Waals surface area contributed by atoms with E-state index >= 15 is 0 Å². The standard InChI is InChI=1S/C30H30BClN6O5/c1-3-33-28(40)17-25-30-37-36-18(2)38(30)26-12-11-23(16-24(26)29(35-25)19-7-9-21(32)10-8-19)43-14-13-27(39)34-22-6-4-5-20(15-22)31(41)42/h4-12,15-16,25,41-42H,3,13-14,17H2,1-2H3,(H,33,40)(H,34,39)/t25-/m0/s1. The van der Waals surface area contributed by atoms with Gasteiger partial charge in [0.25, 0.3) is 0 Å². The number of carbonyl (C=O) groups is 2. The molecule has 4 aromatic rings. The molecule has 43 heavy (non-hydrogen) atoms. The third-order valence-electron chi connectivity index (χ3n) is 6.83. The zero-order valence-electron chi connectivity index (χ0n) is 23.6. The molecule has 0 fully saturated rings. The summed E-state index contributed by atoms with van der Waals surface area (Å²) < 4.78 is 7.89. The van der Waals surface area contributed by atoms with E-state index in [1.54, 1.807) is 36.4 Å². The lowest BCUT2D eigenvalue weighted by molar-refractivity contribution is -0.121. The van der Waals surface area contributed by atoms with Crippen LogP contribution >= 0.6 is 11.6 Å². The second-order valence-electron chi connectivity index (χ2n) is 9.92. The molecule has 0 spiro atoms. The molecule has 2 amide bonds. The molecule has 1 aromatic heterocycles. The number of hydrogen-bond acceptors (Lipinski definition) is 8. The number of nitrogens with one attached hydrogen (secondary N) is 2. The van der Waals surface area contributed by atoms with E-state index in [-0.39, 0.29) is 36.7 Å². The van der Waals surface area contributed by atoms with Gasteiger partial charge in [-0.25, -0.2) is 0 Å². The summed E-state index contributed by atoms with van der Waals surface area (Å²) in [5.41, 5.74) is 3.69. The Hall–Kier alpha value is -4.52. The quantitative estimate of drug-likeness (QED) is 0.204. The Morgan fingerprint density at radius 2 is 1.84 bits per heavy atom. The van der Waals surface area contributed by atoms with Gasteiger partial charge >= 0.3 is 7.12 Å². The van der Waals surface area contributed by atoms with Gasteiger partial charge in [0.05, 0.1) is 30.8 Å². The molecular formula is C30H30BClN6O5. The molecule has 5 rings (SSSR count). The molecule has 0 bridgehead atoms. The van der Waals surface area contributed by atoms with Crippen LogP contribution in [0.25, 0.3) is 5.69 Å². The number of halogens is 1. The average molecular weight is 601 g/mol. The number of amides is 2. The Morgan fingerprint density at radius 3 is 2.58 bits per heavy atom. The number of fused-ring (bicyclic) bond motifs is 3. The van der Waals surface area contributed by atoms with Gasteiger partial charge in [0.2, 0.25) is 11.8 Å². The van der Waals surface area contributed by atoms with E-state index in [9.17, 15) is 19.6 Å². The van der Waals surface area contributed by atoms with Crippen molar-refractivity contribution in [2.24, 2.45) is 4.99 Å². The minimum Gasteiger partial charge on any atom is -0.493 e. The number of hydrogen-bond donors (Lipinski definition) is 4. The zero-order valence-corrected chi connectivity index (χ0v) is 24.4. The summed E-state index contributed by atoms with van der Waals surface area (Å²) in [7, 11) is -1.63. The Kier molecular flexibility index (Phi) is 9.20. The maximum atomic E-state index is 12.7. The van der Waals surface area contributed by atoms with Crippen molar-refractivity contribution in [3.63, 3.8) is 0 Å². The number of aryl methyl sites for hydroxylation is 1. The summed E-state index contributed by atoms with van der Waals surface area (Å²) in [5, 5.41) is 33.6. The maximum absolute atomic E-state index is 12.7. The normalized spacial score (nSPS) is 13.7. The van der Waals surface area contributed by atoms with Crippen LogP contribution in [0.5, 0.6) is 5.75 Å². The summed E-state index contributed by atoms with van der Waals surface area (Å²) in [6.07, 6.45) is 0.153. The number of carbonyl (C=O) groups excluding carboxylic acids is 2. The smallest absolute Gasteiger partial charge is 0.488 e. The number of ether oxygens (including phenoxy) is 1. The molecule has 1 atom stereocenters. The lowest BCUT2D eigenvalue weighted by atomic mass is 9.80. The van der Waals surface area contributed by atoms with Crippen LogP contribution in [0.3, 0.4) is 0 Å². The fraction of sp³-hybridized carbons (Fsp3) is 0.233.